The van der Waals surface area contributed by atoms with Gasteiger partial charge in [0.1, 0.15) is 16.5 Å². The van der Waals surface area contributed by atoms with E-state index in [4.69, 9.17) is 21.1 Å². The summed E-state index contributed by atoms with van der Waals surface area (Å²) < 4.78 is 10.8. The zero-order chi connectivity index (χ0) is 17.6. The fourth-order valence-electron chi connectivity index (χ4n) is 2.36. The summed E-state index contributed by atoms with van der Waals surface area (Å²) in [4.78, 5) is 16.7. The summed E-state index contributed by atoms with van der Waals surface area (Å²) in [6, 6.07) is 5.52. The molecule has 134 valence electrons. The minimum absolute atomic E-state index is 0.219. The molecule has 0 radical (unpaired) electrons. The molecule has 0 bridgehead atoms. The second-order valence-corrected chi connectivity index (χ2v) is 6.83. The summed E-state index contributed by atoms with van der Waals surface area (Å²) in [5.41, 5.74) is 4.03. The van der Waals surface area contributed by atoms with Gasteiger partial charge in [-0.2, -0.15) is 0 Å². The van der Waals surface area contributed by atoms with Gasteiger partial charge in [0, 0.05) is 24.0 Å². The first-order valence-electron chi connectivity index (χ1n) is 8.19. The van der Waals surface area contributed by atoms with Gasteiger partial charge in [0.25, 0.3) is 5.91 Å². The molecule has 2 heterocycles. The molecular formula is C17H20ClN3O3S. The molecule has 1 fully saturated rings. The van der Waals surface area contributed by atoms with E-state index >= 15 is 0 Å². The molecule has 25 heavy (non-hydrogen) atoms. The van der Waals surface area contributed by atoms with Crippen LogP contribution in [0.3, 0.4) is 0 Å². The number of nitrogens with one attached hydrogen (secondary N) is 1. The Morgan fingerprint density at radius 3 is 2.96 bits per heavy atom. The molecule has 1 N–H and O–H groups in total. The van der Waals surface area contributed by atoms with Crippen LogP contribution in [0.25, 0.3) is 10.6 Å². The van der Waals surface area contributed by atoms with Crippen molar-refractivity contribution >= 4 is 28.8 Å². The summed E-state index contributed by atoms with van der Waals surface area (Å²) in [7, 11) is 0. The standard InChI is InChI=1S/C17H20ClN3O3S/c1-2-7-24-12-3-4-13(14(18)10-12)17-19-15(11-25-17)16(22)20-21-5-8-23-9-6-21/h3-4,10-11H,2,5-9H2,1H3,(H,20,22). The Balaban J connectivity index is 1.69. The van der Waals surface area contributed by atoms with Crippen molar-refractivity contribution in [2.24, 2.45) is 0 Å². The maximum Gasteiger partial charge on any atom is 0.285 e. The molecule has 2 aromatic rings. The average molecular weight is 382 g/mol. The van der Waals surface area contributed by atoms with Crippen LogP contribution in [0.5, 0.6) is 5.75 Å². The van der Waals surface area contributed by atoms with Crippen LogP contribution in [0.2, 0.25) is 5.02 Å². The van der Waals surface area contributed by atoms with Crippen LogP contribution in [0.15, 0.2) is 23.6 Å². The fourth-order valence-corrected chi connectivity index (χ4v) is 3.51. The van der Waals surface area contributed by atoms with Gasteiger partial charge < -0.3 is 9.47 Å². The van der Waals surface area contributed by atoms with Gasteiger partial charge in [-0.3, -0.25) is 10.2 Å². The van der Waals surface area contributed by atoms with Gasteiger partial charge in [-0.15, -0.1) is 11.3 Å². The molecule has 1 saturated heterocycles. The van der Waals surface area contributed by atoms with Crippen molar-refractivity contribution in [3.8, 4) is 16.3 Å². The highest BCUT2D eigenvalue weighted by atomic mass is 35.5. The van der Waals surface area contributed by atoms with Crippen molar-refractivity contribution in [1.82, 2.24) is 15.4 Å². The SMILES string of the molecule is CCCOc1ccc(-c2nc(C(=O)NN3CCOCC3)cs2)c(Cl)c1. The van der Waals surface area contributed by atoms with Gasteiger partial charge in [-0.1, -0.05) is 18.5 Å². The number of rotatable bonds is 6. The van der Waals surface area contributed by atoms with Crippen LogP contribution in [0.1, 0.15) is 23.8 Å². The Labute approximate surface area is 155 Å². The number of morpholine rings is 1. The average Bonchev–Trinajstić information content (AvgIpc) is 3.11. The van der Waals surface area contributed by atoms with E-state index in [9.17, 15) is 4.79 Å². The molecule has 0 saturated carbocycles. The maximum absolute atomic E-state index is 12.3. The smallest absolute Gasteiger partial charge is 0.285 e. The highest BCUT2D eigenvalue weighted by molar-refractivity contribution is 7.13. The number of hydrogen-bond donors (Lipinski definition) is 1. The van der Waals surface area contributed by atoms with E-state index < -0.39 is 0 Å². The van der Waals surface area contributed by atoms with E-state index in [1.807, 2.05) is 17.1 Å². The molecule has 1 aromatic carbocycles. The lowest BCUT2D eigenvalue weighted by Gasteiger charge is -2.26. The molecule has 6 nitrogen and oxygen atoms in total. The number of benzene rings is 1. The topological polar surface area (TPSA) is 63.7 Å². The van der Waals surface area contributed by atoms with Crippen molar-refractivity contribution in [2.75, 3.05) is 32.9 Å². The monoisotopic (exact) mass is 381 g/mol. The first kappa shape index (κ1) is 18.1. The lowest BCUT2D eigenvalue weighted by Crippen LogP contribution is -2.48. The molecule has 3 rings (SSSR count). The second kappa shape index (κ2) is 8.62. The van der Waals surface area contributed by atoms with Crippen LogP contribution in [-0.4, -0.2) is 48.8 Å². The number of amides is 1. The second-order valence-electron chi connectivity index (χ2n) is 5.57. The number of thiazole rings is 1. The zero-order valence-electron chi connectivity index (χ0n) is 14.0. The number of carbonyl (C=O) groups is 1. The highest BCUT2D eigenvalue weighted by Gasteiger charge is 2.18. The molecule has 0 unspecified atom stereocenters. The number of carbonyl (C=O) groups excluding carboxylic acids is 1. The van der Waals surface area contributed by atoms with Crippen molar-refractivity contribution in [1.29, 1.82) is 0 Å². The fraction of sp³-hybridized carbons (Fsp3) is 0.412. The van der Waals surface area contributed by atoms with Crippen LogP contribution in [-0.2, 0) is 4.74 Å². The molecule has 1 aliphatic rings. The molecule has 1 amide bonds. The van der Waals surface area contributed by atoms with Crippen molar-refractivity contribution in [3.63, 3.8) is 0 Å². The van der Waals surface area contributed by atoms with Gasteiger partial charge in [0.15, 0.2) is 0 Å². The zero-order valence-corrected chi connectivity index (χ0v) is 15.5. The summed E-state index contributed by atoms with van der Waals surface area (Å²) in [5.74, 6) is 0.515. The van der Waals surface area contributed by atoms with Gasteiger partial charge in [-0.25, -0.2) is 9.99 Å². The van der Waals surface area contributed by atoms with Gasteiger partial charge in [0.05, 0.1) is 24.8 Å². The lowest BCUT2D eigenvalue weighted by molar-refractivity contribution is 0.0125. The predicted molar refractivity (Wildman–Crippen MR) is 98.2 cm³/mol. The van der Waals surface area contributed by atoms with Crippen LogP contribution in [0, 0.1) is 0 Å². The lowest BCUT2D eigenvalue weighted by atomic mass is 10.2. The van der Waals surface area contributed by atoms with E-state index in [0.717, 1.165) is 17.7 Å². The summed E-state index contributed by atoms with van der Waals surface area (Å²) in [6.45, 7) is 5.28. The highest BCUT2D eigenvalue weighted by Crippen LogP contribution is 2.33. The van der Waals surface area contributed by atoms with Crippen molar-refractivity contribution in [3.05, 3.63) is 34.3 Å². The Kier molecular flexibility index (Phi) is 6.25. The molecule has 0 spiro atoms. The van der Waals surface area contributed by atoms with Crippen LogP contribution in [0.4, 0.5) is 0 Å². The first-order valence-corrected chi connectivity index (χ1v) is 9.45. The largest absolute Gasteiger partial charge is 0.494 e. The molecular weight excluding hydrogens is 362 g/mol. The van der Waals surface area contributed by atoms with Crippen molar-refractivity contribution in [2.45, 2.75) is 13.3 Å². The minimum Gasteiger partial charge on any atom is -0.494 e. The Bertz CT molecular complexity index is 732. The number of aromatic nitrogens is 1. The normalized spacial score (nSPS) is 15.1. The van der Waals surface area contributed by atoms with E-state index in [0.29, 0.717) is 48.6 Å². The summed E-state index contributed by atoms with van der Waals surface area (Å²) >= 11 is 7.74. The van der Waals surface area contributed by atoms with E-state index in [-0.39, 0.29) is 5.91 Å². The molecule has 0 aliphatic carbocycles. The van der Waals surface area contributed by atoms with Gasteiger partial charge in [0.2, 0.25) is 0 Å². The molecule has 8 heteroatoms. The minimum atomic E-state index is -0.219. The predicted octanol–water partition coefficient (Wildman–Crippen LogP) is 3.23. The third-order valence-corrected chi connectivity index (χ3v) is 4.84. The number of nitrogens with zero attached hydrogens (tertiary/aromatic N) is 2. The first-order chi connectivity index (χ1) is 12.2. The van der Waals surface area contributed by atoms with E-state index in [2.05, 4.69) is 17.3 Å². The summed E-state index contributed by atoms with van der Waals surface area (Å²) in [5, 5.41) is 4.85. The molecule has 0 atom stereocenters. The van der Waals surface area contributed by atoms with Gasteiger partial charge in [-0.05, 0) is 24.6 Å². The number of halogens is 1. The third kappa shape index (κ3) is 4.70. The quantitative estimate of drug-likeness (QED) is 0.832. The summed E-state index contributed by atoms with van der Waals surface area (Å²) in [6.07, 6.45) is 0.938. The Morgan fingerprint density at radius 2 is 2.24 bits per heavy atom. The maximum atomic E-state index is 12.3. The van der Waals surface area contributed by atoms with Crippen molar-refractivity contribution < 1.29 is 14.3 Å². The van der Waals surface area contributed by atoms with E-state index in [1.54, 1.807) is 11.4 Å². The number of hydrazine groups is 1. The van der Waals surface area contributed by atoms with Crippen LogP contribution < -0.4 is 10.2 Å². The van der Waals surface area contributed by atoms with Crippen LogP contribution >= 0.6 is 22.9 Å². The number of hydrogen-bond acceptors (Lipinski definition) is 6. The third-order valence-electron chi connectivity index (χ3n) is 3.65. The molecule has 1 aromatic heterocycles. The van der Waals surface area contributed by atoms with Gasteiger partial charge >= 0.3 is 0 Å². The Hall–Kier alpha value is -1.67. The number of ether oxygens (including phenoxy) is 2. The molecule has 1 aliphatic heterocycles. The Morgan fingerprint density at radius 1 is 1.44 bits per heavy atom. The van der Waals surface area contributed by atoms with E-state index in [1.165, 1.54) is 11.3 Å².